The van der Waals surface area contributed by atoms with Crippen LogP contribution in [0.3, 0.4) is 0 Å². The van der Waals surface area contributed by atoms with Crippen LogP contribution in [-0.2, 0) is 17.6 Å². The normalized spacial score (nSPS) is 18.6. The number of hydrogen-bond donors (Lipinski definition) is 1. The number of aromatic nitrogens is 2. The smallest absolute Gasteiger partial charge is 0.410 e. The summed E-state index contributed by atoms with van der Waals surface area (Å²) < 4.78 is 11.3. The highest BCUT2D eigenvalue weighted by Gasteiger charge is 2.29. The first-order valence-electron chi connectivity index (χ1n) is 12.5. The minimum Gasteiger partial charge on any atom is -0.496 e. The van der Waals surface area contributed by atoms with Crippen molar-refractivity contribution in [3.63, 3.8) is 0 Å². The van der Waals surface area contributed by atoms with E-state index in [-0.39, 0.29) is 12.1 Å². The molecule has 1 atom stereocenters. The molecule has 1 aliphatic carbocycles. The van der Waals surface area contributed by atoms with Gasteiger partial charge in [0, 0.05) is 30.3 Å². The van der Waals surface area contributed by atoms with Crippen LogP contribution in [0.2, 0.25) is 0 Å². The van der Waals surface area contributed by atoms with Crippen LogP contribution in [-0.4, -0.2) is 53.0 Å². The monoisotopic (exact) mass is 466 g/mol. The Labute approximate surface area is 203 Å². The molecule has 4 rings (SSSR count). The molecule has 2 heterocycles. The number of piperidine rings is 1. The minimum atomic E-state index is -0.493. The molecule has 0 bridgehead atoms. The summed E-state index contributed by atoms with van der Waals surface area (Å²) in [4.78, 5) is 14.4. The molecule has 7 nitrogen and oxygen atoms in total. The van der Waals surface area contributed by atoms with Gasteiger partial charge in [0.15, 0.2) is 5.82 Å². The van der Waals surface area contributed by atoms with Gasteiger partial charge in [0.2, 0.25) is 0 Å². The Kier molecular flexibility index (Phi) is 7.29. The summed E-state index contributed by atoms with van der Waals surface area (Å²) in [5.41, 5.74) is 5.13. The number of ether oxygens (including phenoxy) is 2. The Bertz CT molecular complexity index is 1030. The molecule has 34 heavy (non-hydrogen) atoms. The van der Waals surface area contributed by atoms with Gasteiger partial charge in [0.1, 0.15) is 17.0 Å². The van der Waals surface area contributed by atoms with E-state index in [2.05, 4.69) is 35.5 Å². The van der Waals surface area contributed by atoms with Gasteiger partial charge in [-0.3, -0.25) is 0 Å². The molecular weight excluding hydrogens is 428 g/mol. The number of amides is 1. The quantitative estimate of drug-likeness (QED) is 0.596. The second-order valence-electron chi connectivity index (χ2n) is 10.5. The second kappa shape index (κ2) is 10.2. The van der Waals surface area contributed by atoms with Crippen LogP contribution in [0, 0.1) is 6.92 Å². The number of hydrogen-bond acceptors (Lipinski definition) is 6. The van der Waals surface area contributed by atoms with Gasteiger partial charge < -0.3 is 19.7 Å². The van der Waals surface area contributed by atoms with Crippen molar-refractivity contribution in [2.75, 3.05) is 25.5 Å². The number of carbonyl (C=O) groups excluding carboxylic acids is 1. The van der Waals surface area contributed by atoms with E-state index in [4.69, 9.17) is 14.6 Å². The summed E-state index contributed by atoms with van der Waals surface area (Å²) >= 11 is 0. The summed E-state index contributed by atoms with van der Waals surface area (Å²) in [6.45, 7) is 9.11. The van der Waals surface area contributed by atoms with Crippen LogP contribution in [0.4, 0.5) is 10.6 Å². The van der Waals surface area contributed by atoms with Crippen LogP contribution in [0.15, 0.2) is 18.2 Å². The summed E-state index contributed by atoms with van der Waals surface area (Å²) in [6, 6.07) is 6.38. The first kappa shape index (κ1) is 24.3. The van der Waals surface area contributed by atoms with Gasteiger partial charge in [-0.1, -0.05) is 12.5 Å². The van der Waals surface area contributed by atoms with E-state index >= 15 is 0 Å². The number of nitrogens with one attached hydrogen (secondary N) is 1. The fraction of sp³-hybridized carbons (Fsp3) is 0.593. The van der Waals surface area contributed by atoms with Crippen molar-refractivity contribution < 1.29 is 14.3 Å². The van der Waals surface area contributed by atoms with Crippen molar-refractivity contribution in [2.24, 2.45) is 0 Å². The molecule has 0 radical (unpaired) electrons. The number of carbonyl (C=O) groups is 1. The van der Waals surface area contributed by atoms with Crippen LogP contribution < -0.4 is 10.1 Å². The van der Waals surface area contributed by atoms with E-state index in [0.717, 1.165) is 73.5 Å². The third-order valence-corrected chi connectivity index (χ3v) is 6.57. The van der Waals surface area contributed by atoms with Crippen molar-refractivity contribution in [1.82, 2.24) is 15.1 Å². The largest absolute Gasteiger partial charge is 0.496 e. The lowest BCUT2D eigenvalue weighted by Gasteiger charge is -2.35. The Hall–Kier alpha value is -2.83. The lowest BCUT2D eigenvalue weighted by Crippen LogP contribution is -2.47. The highest BCUT2D eigenvalue weighted by molar-refractivity contribution is 5.73. The summed E-state index contributed by atoms with van der Waals surface area (Å²) in [6.07, 6.45) is 7.15. The van der Waals surface area contributed by atoms with E-state index < -0.39 is 5.60 Å². The average Bonchev–Trinajstić information content (AvgIpc) is 3.05. The molecule has 7 heteroatoms. The van der Waals surface area contributed by atoms with Gasteiger partial charge in [-0.15, -0.1) is 10.2 Å². The van der Waals surface area contributed by atoms with Crippen molar-refractivity contribution in [2.45, 2.75) is 84.3 Å². The minimum absolute atomic E-state index is 0.127. The molecule has 1 fully saturated rings. The number of benzene rings is 1. The topological polar surface area (TPSA) is 76.6 Å². The SMILES string of the molecule is COc1cc(C)ccc1-c1nnc(NC2CCCN(C(=O)OC(C)(C)C)C2)c2c1CCCCC2. The van der Waals surface area contributed by atoms with E-state index in [1.807, 2.05) is 25.7 Å². The number of nitrogens with zero attached hydrogens (tertiary/aromatic N) is 3. The van der Waals surface area contributed by atoms with Gasteiger partial charge in [0.25, 0.3) is 0 Å². The molecule has 2 aromatic rings. The standard InChI is InChI=1S/C27H38N4O3/c1-18-13-14-22(23(16-18)33-5)24-20-11-7-6-8-12-21(20)25(30-29-24)28-19-10-9-15-31(17-19)26(32)34-27(2,3)4/h13-14,16,19H,6-12,15,17H2,1-5H3,(H,28,30). The molecule has 0 saturated carbocycles. The molecule has 1 amide bonds. The molecular formula is C27H38N4O3. The Morgan fingerprint density at radius 1 is 1.09 bits per heavy atom. The fourth-order valence-electron chi connectivity index (χ4n) is 4.93. The highest BCUT2D eigenvalue weighted by Crippen LogP contribution is 2.37. The van der Waals surface area contributed by atoms with Gasteiger partial charge in [-0.2, -0.15) is 0 Å². The zero-order valence-electron chi connectivity index (χ0n) is 21.2. The Morgan fingerprint density at radius 3 is 2.59 bits per heavy atom. The Morgan fingerprint density at radius 2 is 1.85 bits per heavy atom. The third kappa shape index (κ3) is 5.62. The van der Waals surface area contributed by atoms with E-state index in [0.29, 0.717) is 6.54 Å². The lowest BCUT2D eigenvalue weighted by atomic mass is 9.96. The van der Waals surface area contributed by atoms with Gasteiger partial charge >= 0.3 is 6.09 Å². The number of likely N-dealkylation sites (tertiary alicyclic amines) is 1. The average molecular weight is 467 g/mol. The first-order valence-corrected chi connectivity index (χ1v) is 12.5. The van der Waals surface area contributed by atoms with E-state index in [1.165, 1.54) is 17.5 Å². The van der Waals surface area contributed by atoms with Gasteiger partial charge in [-0.05, 0) is 89.5 Å². The second-order valence-corrected chi connectivity index (χ2v) is 10.5. The van der Waals surface area contributed by atoms with Crippen LogP contribution >= 0.6 is 0 Å². The third-order valence-electron chi connectivity index (χ3n) is 6.57. The molecule has 1 aliphatic heterocycles. The van der Waals surface area contributed by atoms with Crippen LogP contribution in [0.5, 0.6) is 5.75 Å². The van der Waals surface area contributed by atoms with E-state index in [9.17, 15) is 4.79 Å². The van der Waals surface area contributed by atoms with Gasteiger partial charge in [0.05, 0.1) is 7.11 Å². The summed E-state index contributed by atoms with van der Waals surface area (Å²) in [5, 5.41) is 13.0. The molecule has 1 N–H and O–H groups in total. The van der Waals surface area contributed by atoms with Crippen LogP contribution in [0.25, 0.3) is 11.3 Å². The number of methoxy groups -OCH3 is 1. The number of aryl methyl sites for hydroxylation is 1. The highest BCUT2D eigenvalue weighted by atomic mass is 16.6. The van der Waals surface area contributed by atoms with Crippen molar-refractivity contribution in [1.29, 1.82) is 0 Å². The number of fused-ring (bicyclic) bond motifs is 1. The molecule has 2 aliphatic rings. The Balaban J connectivity index is 1.61. The first-order chi connectivity index (χ1) is 16.2. The van der Waals surface area contributed by atoms with Crippen molar-refractivity contribution >= 4 is 11.9 Å². The number of anilines is 1. The predicted molar refractivity (Wildman–Crippen MR) is 134 cm³/mol. The fourth-order valence-corrected chi connectivity index (χ4v) is 4.93. The molecule has 1 aromatic heterocycles. The summed E-state index contributed by atoms with van der Waals surface area (Å²) in [7, 11) is 1.71. The molecule has 1 unspecified atom stereocenters. The van der Waals surface area contributed by atoms with Crippen LogP contribution in [0.1, 0.15) is 69.6 Å². The van der Waals surface area contributed by atoms with Gasteiger partial charge in [-0.25, -0.2) is 4.79 Å². The number of rotatable bonds is 4. The van der Waals surface area contributed by atoms with E-state index in [1.54, 1.807) is 7.11 Å². The zero-order valence-corrected chi connectivity index (χ0v) is 21.2. The predicted octanol–water partition coefficient (Wildman–Crippen LogP) is 5.54. The molecule has 1 saturated heterocycles. The maximum absolute atomic E-state index is 12.6. The van der Waals surface area contributed by atoms with Crippen molar-refractivity contribution in [3.8, 4) is 17.0 Å². The lowest BCUT2D eigenvalue weighted by molar-refractivity contribution is 0.0206. The molecule has 1 aromatic carbocycles. The molecule has 0 spiro atoms. The maximum Gasteiger partial charge on any atom is 0.410 e. The van der Waals surface area contributed by atoms with Crippen molar-refractivity contribution in [3.05, 3.63) is 34.9 Å². The maximum atomic E-state index is 12.6. The summed E-state index contributed by atoms with van der Waals surface area (Å²) in [5.74, 6) is 1.70. The molecule has 184 valence electrons. The zero-order chi connectivity index (χ0) is 24.3.